The van der Waals surface area contributed by atoms with E-state index in [1.807, 2.05) is 18.2 Å². The van der Waals surface area contributed by atoms with Gasteiger partial charge in [-0.15, -0.1) is 0 Å². The van der Waals surface area contributed by atoms with Crippen molar-refractivity contribution in [2.75, 3.05) is 7.11 Å². The summed E-state index contributed by atoms with van der Waals surface area (Å²) >= 11 is 0. The Balaban J connectivity index is 2.17. The third kappa shape index (κ3) is 2.70. The van der Waals surface area contributed by atoms with Crippen molar-refractivity contribution in [1.29, 1.82) is 0 Å². The van der Waals surface area contributed by atoms with Crippen LogP contribution in [0.4, 0.5) is 0 Å². The number of hydrogen-bond acceptors (Lipinski definition) is 3. The van der Waals surface area contributed by atoms with E-state index in [2.05, 4.69) is 0 Å². The topological polar surface area (TPSA) is 49.7 Å². The van der Waals surface area contributed by atoms with Crippen molar-refractivity contribution < 1.29 is 14.9 Å². The first-order valence-corrected chi connectivity index (χ1v) is 5.77. The Morgan fingerprint density at radius 2 is 1.28 bits per heavy atom. The van der Waals surface area contributed by atoms with Gasteiger partial charge in [-0.05, 0) is 23.3 Å². The molecule has 3 nitrogen and oxygen atoms in total. The highest BCUT2D eigenvalue weighted by molar-refractivity contribution is 5.30. The molecule has 3 heteroatoms. The van der Waals surface area contributed by atoms with E-state index in [0.29, 0.717) is 11.1 Å². The van der Waals surface area contributed by atoms with Gasteiger partial charge in [-0.25, -0.2) is 0 Å². The fraction of sp³-hybridized carbons (Fsp3) is 0.200. The highest BCUT2D eigenvalue weighted by Gasteiger charge is 2.19. The summed E-state index contributed by atoms with van der Waals surface area (Å²) in [6, 6.07) is 16.1. The summed E-state index contributed by atoms with van der Waals surface area (Å²) in [5, 5.41) is 20.2. The van der Waals surface area contributed by atoms with Gasteiger partial charge >= 0.3 is 0 Å². The normalized spacial score (nSPS) is 13.9. The first-order valence-electron chi connectivity index (χ1n) is 5.77. The minimum absolute atomic E-state index is 0.659. The maximum Gasteiger partial charge on any atom is 0.118 e. The molecule has 0 amide bonds. The predicted molar refractivity (Wildman–Crippen MR) is 69.4 cm³/mol. The monoisotopic (exact) mass is 244 g/mol. The molecule has 0 fully saturated rings. The van der Waals surface area contributed by atoms with Crippen molar-refractivity contribution in [3.05, 3.63) is 65.7 Å². The van der Waals surface area contributed by atoms with Crippen LogP contribution in [-0.2, 0) is 0 Å². The lowest BCUT2D eigenvalue weighted by atomic mass is 9.98. The highest BCUT2D eigenvalue weighted by atomic mass is 16.5. The van der Waals surface area contributed by atoms with Gasteiger partial charge in [-0.1, -0.05) is 42.5 Å². The van der Waals surface area contributed by atoms with Gasteiger partial charge < -0.3 is 14.9 Å². The molecule has 0 radical (unpaired) electrons. The molecule has 94 valence electrons. The van der Waals surface area contributed by atoms with Crippen LogP contribution in [0.3, 0.4) is 0 Å². The van der Waals surface area contributed by atoms with E-state index in [0.717, 1.165) is 5.75 Å². The molecule has 0 unspecified atom stereocenters. The molecule has 0 saturated carbocycles. The van der Waals surface area contributed by atoms with E-state index in [4.69, 9.17) is 4.74 Å². The van der Waals surface area contributed by atoms with E-state index < -0.39 is 12.2 Å². The van der Waals surface area contributed by atoms with Gasteiger partial charge in [-0.3, -0.25) is 0 Å². The zero-order valence-electron chi connectivity index (χ0n) is 10.2. The molecule has 0 saturated heterocycles. The van der Waals surface area contributed by atoms with E-state index in [1.54, 1.807) is 43.5 Å². The van der Waals surface area contributed by atoms with Crippen molar-refractivity contribution in [2.45, 2.75) is 12.2 Å². The summed E-state index contributed by atoms with van der Waals surface area (Å²) in [4.78, 5) is 0. The van der Waals surface area contributed by atoms with Gasteiger partial charge in [0.2, 0.25) is 0 Å². The molecule has 0 aromatic heterocycles. The zero-order chi connectivity index (χ0) is 13.0. The second-order valence-corrected chi connectivity index (χ2v) is 4.07. The lowest BCUT2D eigenvalue weighted by Gasteiger charge is -2.18. The van der Waals surface area contributed by atoms with Crippen LogP contribution in [-0.4, -0.2) is 17.3 Å². The van der Waals surface area contributed by atoms with Gasteiger partial charge in [0, 0.05) is 0 Å². The molecular weight excluding hydrogens is 228 g/mol. The van der Waals surface area contributed by atoms with Crippen molar-refractivity contribution in [3.63, 3.8) is 0 Å². The van der Waals surface area contributed by atoms with Crippen LogP contribution in [0, 0.1) is 0 Å². The standard InChI is InChI=1S/C15H16O3/c1-18-13-9-7-12(8-10-13)15(17)14(16)11-5-3-2-4-6-11/h2-10,14-17H,1H3/t14-,15-/m1/s1. The Kier molecular flexibility index (Phi) is 3.97. The lowest BCUT2D eigenvalue weighted by molar-refractivity contribution is 0.0172. The van der Waals surface area contributed by atoms with Gasteiger partial charge in [0.25, 0.3) is 0 Å². The van der Waals surface area contributed by atoms with Gasteiger partial charge in [0.05, 0.1) is 7.11 Å². The molecule has 2 N–H and O–H groups in total. The molecule has 0 bridgehead atoms. The molecule has 0 aliphatic carbocycles. The molecule has 0 aliphatic rings. The van der Waals surface area contributed by atoms with E-state index in [9.17, 15) is 10.2 Å². The third-order valence-electron chi connectivity index (χ3n) is 2.90. The number of ether oxygens (including phenoxy) is 1. The number of benzene rings is 2. The fourth-order valence-electron chi connectivity index (χ4n) is 1.82. The van der Waals surface area contributed by atoms with Crippen LogP contribution < -0.4 is 4.74 Å². The van der Waals surface area contributed by atoms with Crippen LogP contribution in [0.15, 0.2) is 54.6 Å². The summed E-state index contributed by atoms with van der Waals surface area (Å²) in [5.74, 6) is 0.722. The van der Waals surface area contributed by atoms with Crippen LogP contribution in [0.25, 0.3) is 0 Å². The Morgan fingerprint density at radius 3 is 1.78 bits per heavy atom. The maximum atomic E-state index is 10.1. The van der Waals surface area contributed by atoms with Crippen LogP contribution in [0.5, 0.6) is 5.75 Å². The maximum absolute atomic E-state index is 10.1. The van der Waals surface area contributed by atoms with Crippen molar-refractivity contribution in [2.24, 2.45) is 0 Å². The third-order valence-corrected chi connectivity index (χ3v) is 2.90. The van der Waals surface area contributed by atoms with E-state index in [-0.39, 0.29) is 0 Å². The van der Waals surface area contributed by atoms with E-state index >= 15 is 0 Å². The van der Waals surface area contributed by atoms with Crippen LogP contribution in [0.2, 0.25) is 0 Å². The molecule has 18 heavy (non-hydrogen) atoms. The Morgan fingerprint density at radius 1 is 0.778 bits per heavy atom. The quantitative estimate of drug-likeness (QED) is 0.868. The molecule has 2 atom stereocenters. The average molecular weight is 244 g/mol. The molecule has 0 spiro atoms. The molecule has 2 rings (SSSR count). The minimum atomic E-state index is -0.946. The minimum Gasteiger partial charge on any atom is -0.497 e. The zero-order valence-corrected chi connectivity index (χ0v) is 10.2. The van der Waals surface area contributed by atoms with Crippen LogP contribution >= 0.6 is 0 Å². The fourth-order valence-corrected chi connectivity index (χ4v) is 1.82. The van der Waals surface area contributed by atoms with E-state index in [1.165, 1.54) is 0 Å². The number of hydrogen-bond donors (Lipinski definition) is 2. The predicted octanol–water partition coefficient (Wildman–Crippen LogP) is 2.46. The number of rotatable bonds is 4. The summed E-state index contributed by atoms with van der Waals surface area (Å²) in [7, 11) is 1.59. The number of methoxy groups -OCH3 is 1. The van der Waals surface area contributed by atoms with Crippen molar-refractivity contribution in [1.82, 2.24) is 0 Å². The Labute approximate surface area is 106 Å². The van der Waals surface area contributed by atoms with Gasteiger partial charge in [-0.2, -0.15) is 0 Å². The summed E-state index contributed by atoms with van der Waals surface area (Å²) in [5.41, 5.74) is 1.35. The highest BCUT2D eigenvalue weighted by Crippen LogP contribution is 2.29. The number of aliphatic hydroxyl groups is 2. The first-order chi connectivity index (χ1) is 8.72. The summed E-state index contributed by atoms with van der Waals surface area (Å²) < 4.78 is 5.05. The van der Waals surface area contributed by atoms with Gasteiger partial charge in [0.15, 0.2) is 0 Å². The second kappa shape index (κ2) is 5.67. The van der Waals surface area contributed by atoms with Gasteiger partial charge in [0.1, 0.15) is 18.0 Å². The average Bonchev–Trinajstić information content (AvgIpc) is 2.47. The second-order valence-electron chi connectivity index (χ2n) is 4.07. The SMILES string of the molecule is COc1ccc([C@@H](O)[C@H](O)c2ccccc2)cc1. The van der Waals surface area contributed by atoms with Crippen molar-refractivity contribution in [3.8, 4) is 5.75 Å². The lowest BCUT2D eigenvalue weighted by Crippen LogP contribution is -2.10. The summed E-state index contributed by atoms with van der Waals surface area (Å²) in [6.45, 7) is 0. The molecule has 2 aromatic rings. The molecule has 0 heterocycles. The first kappa shape index (κ1) is 12.6. The number of aliphatic hydroxyl groups excluding tert-OH is 2. The molecule has 0 aliphatic heterocycles. The van der Waals surface area contributed by atoms with Crippen molar-refractivity contribution >= 4 is 0 Å². The Bertz CT molecular complexity index is 479. The van der Waals surface area contributed by atoms with Crippen LogP contribution in [0.1, 0.15) is 23.3 Å². The smallest absolute Gasteiger partial charge is 0.118 e. The molecule has 2 aromatic carbocycles. The largest absolute Gasteiger partial charge is 0.497 e. The molecular formula is C15H16O3. The Hall–Kier alpha value is -1.84. The summed E-state index contributed by atoms with van der Waals surface area (Å²) in [6.07, 6.45) is -1.88.